The number of pyridine rings is 1. The van der Waals surface area contributed by atoms with Crippen LogP contribution in [-0.2, 0) is 6.42 Å². The lowest BCUT2D eigenvalue weighted by Crippen LogP contribution is -2.12. The second kappa shape index (κ2) is 7.49. The summed E-state index contributed by atoms with van der Waals surface area (Å²) in [5.74, 6) is -0.514. The number of aromatic nitrogens is 3. The number of nitrogens with one attached hydrogen (secondary N) is 1. The van der Waals surface area contributed by atoms with Crippen LogP contribution in [-0.4, -0.2) is 26.0 Å². The number of nitrogens with zero attached hydrogens (tertiary/aromatic N) is 2. The maximum atomic E-state index is 11.8. The summed E-state index contributed by atoms with van der Waals surface area (Å²) < 4.78 is 0. The highest BCUT2D eigenvalue weighted by atomic mass is 16.4. The number of carbonyl (C=O) groups is 1. The lowest BCUT2D eigenvalue weighted by Gasteiger charge is -2.06. The lowest BCUT2D eigenvalue weighted by atomic mass is 10.1. The largest absolute Gasteiger partial charge is 0.477 e. The molecule has 0 spiro atoms. The summed E-state index contributed by atoms with van der Waals surface area (Å²) in [5.41, 5.74) is 2.22. The van der Waals surface area contributed by atoms with Gasteiger partial charge in [-0.15, -0.1) is 0 Å². The van der Waals surface area contributed by atoms with Crippen molar-refractivity contribution in [2.75, 3.05) is 0 Å². The molecule has 0 fully saturated rings. The van der Waals surface area contributed by atoms with Crippen molar-refractivity contribution in [2.24, 2.45) is 0 Å². The van der Waals surface area contributed by atoms with Gasteiger partial charge in [-0.25, -0.2) is 14.8 Å². The molecule has 120 valence electrons. The molecule has 6 nitrogen and oxygen atoms in total. The van der Waals surface area contributed by atoms with Gasteiger partial charge in [-0.05, 0) is 36.1 Å². The molecule has 0 amide bonds. The van der Waals surface area contributed by atoms with Gasteiger partial charge in [-0.2, -0.15) is 0 Å². The topological polar surface area (TPSA) is 95.9 Å². The molecule has 0 radical (unpaired) electrons. The van der Waals surface area contributed by atoms with Crippen molar-refractivity contribution in [2.45, 2.75) is 33.1 Å². The summed E-state index contributed by atoms with van der Waals surface area (Å²) in [6, 6.07) is 4.65. The number of H-pyrrole nitrogens is 1. The normalized spacial score (nSPS) is 11.5. The maximum Gasteiger partial charge on any atom is 0.354 e. The summed E-state index contributed by atoms with van der Waals surface area (Å²) in [6.07, 6.45) is 5.70. The standard InChI is InChI=1S/C17H19N3O3/c1-3-5-13-9-15(21)20-16(19-13)12(4-2)8-11-6-7-14(17(22)23)18-10-11/h6-10H,3-5H2,1-2H3,(H,22,23)(H,19,20,21)/b12-8-. The van der Waals surface area contributed by atoms with Crippen molar-refractivity contribution in [1.82, 2.24) is 15.0 Å². The number of aromatic amines is 1. The van der Waals surface area contributed by atoms with Crippen molar-refractivity contribution in [3.05, 3.63) is 57.5 Å². The fourth-order valence-corrected chi connectivity index (χ4v) is 2.20. The van der Waals surface area contributed by atoms with E-state index in [1.807, 2.05) is 19.9 Å². The number of hydrogen-bond donors (Lipinski definition) is 2. The average Bonchev–Trinajstić information content (AvgIpc) is 2.52. The first-order chi connectivity index (χ1) is 11.0. The molecule has 6 heteroatoms. The molecule has 0 aliphatic carbocycles. The zero-order valence-corrected chi connectivity index (χ0v) is 13.2. The fraction of sp³-hybridized carbons (Fsp3) is 0.294. The molecular formula is C17H19N3O3. The number of rotatable bonds is 6. The molecule has 2 aromatic heterocycles. The molecule has 23 heavy (non-hydrogen) atoms. The summed E-state index contributed by atoms with van der Waals surface area (Å²) in [5, 5.41) is 8.87. The molecule has 0 atom stereocenters. The summed E-state index contributed by atoms with van der Waals surface area (Å²) >= 11 is 0. The highest BCUT2D eigenvalue weighted by molar-refractivity contribution is 5.86. The fourth-order valence-electron chi connectivity index (χ4n) is 2.20. The Bertz CT molecular complexity index is 776. The first-order valence-electron chi connectivity index (χ1n) is 7.54. The van der Waals surface area contributed by atoms with Gasteiger partial charge >= 0.3 is 5.97 Å². The summed E-state index contributed by atoms with van der Waals surface area (Å²) in [6.45, 7) is 4.01. The SMILES string of the molecule is CCCc1cc(=O)[nH]c(/C(=C\c2ccc(C(=O)O)nc2)CC)n1. The Balaban J connectivity index is 2.38. The molecule has 0 saturated carbocycles. The number of aromatic carboxylic acids is 1. The molecule has 0 aliphatic rings. The molecule has 0 aliphatic heterocycles. The van der Waals surface area contributed by atoms with E-state index in [1.165, 1.54) is 18.3 Å². The van der Waals surface area contributed by atoms with Crippen LogP contribution in [0, 0.1) is 0 Å². The Kier molecular flexibility index (Phi) is 5.41. The van der Waals surface area contributed by atoms with Crippen LogP contribution >= 0.6 is 0 Å². The van der Waals surface area contributed by atoms with Crippen LogP contribution in [0.3, 0.4) is 0 Å². The van der Waals surface area contributed by atoms with E-state index in [9.17, 15) is 9.59 Å². The lowest BCUT2D eigenvalue weighted by molar-refractivity contribution is 0.0690. The van der Waals surface area contributed by atoms with Gasteiger partial charge in [0, 0.05) is 18.0 Å². The first kappa shape index (κ1) is 16.6. The molecular weight excluding hydrogens is 294 g/mol. The van der Waals surface area contributed by atoms with Gasteiger partial charge in [0.1, 0.15) is 11.5 Å². The zero-order valence-electron chi connectivity index (χ0n) is 13.2. The third-order valence-electron chi connectivity index (χ3n) is 3.33. The molecule has 0 unspecified atom stereocenters. The monoisotopic (exact) mass is 313 g/mol. The summed E-state index contributed by atoms with van der Waals surface area (Å²) in [7, 11) is 0. The zero-order chi connectivity index (χ0) is 16.8. The first-order valence-corrected chi connectivity index (χ1v) is 7.54. The van der Waals surface area contributed by atoms with Gasteiger partial charge < -0.3 is 10.1 Å². The van der Waals surface area contributed by atoms with E-state index in [0.29, 0.717) is 12.2 Å². The highest BCUT2D eigenvalue weighted by Gasteiger charge is 2.07. The third kappa shape index (κ3) is 4.35. The van der Waals surface area contributed by atoms with Gasteiger partial charge in [-0.1, -0.05) is 26.3 Å². The van der Waals surface area contributed by atoms with Gasteiger partial charge in [0.2, 0.25) is 0 Å². The van der Waals surface area contributed by atoms with E-state index in [0.717, 1.165) is 29.7 Å². The Morgan fingerprint density at radius 3 is 2.70 bits per heavy atom. The van der Waals surface area contributed by atoms with E-state index >= 15 is 0 Å². The molecule has 2 aromatic rings. The minimum absolute atomic E-state index is 0.00308. The number of carboxylic acid groups (broad SMARTS) is 1. The highest BCUT2D eigenvalue weighted by Crippen LogP contribution is 2.17. The number of carboxylic acids is 1. The van der Waals surface area contributed by atoms with E-state index in [2.05, 4.69) is 15.0 Å². The van der Waals surface area contributed by atoms with Crippen molar-refractivity contribution >= 4 is 17.6 Å². The van der Waals surface area contributed by atoms with Gasteiger partial charge in [-0.3, -0.25) is 4.79 Å². The van der Waals surface area contributed by atoms with Crippen LogP contribution in [0.15, 0.2) is 29.2 Å². The molecule has 2 heterocycles. The minimum Gasteiger partial charge on any atom is -0.477 e. The Labute approximate surface area is 133 Å². The van der Waals surface area contributed by atoms with Crippen LogP contribution in [0.25, 0.3) is 11.6 Å². The minimum atomic E-state index is -1.06. The molecule has 0 saturated heterocycles. The van der Waals surface area contributed by atoms with Crippen LogP contribution in [0.4, 0.5) is 0 Å². The number of hydrogen-bond acceptors (Lipinski definition) is 4. The second-order valence-electron chi connectivity index (χ2n) is 5.14. The molecule has 0 bridgehead atoms. The molecule has 2 rings (SSSR count). The van der Waals surface area contributed by atoms with Crippen molar-refractivity contribution in [3.8, 4) is 0 Å². The number of allylic oxidation sites excluding steroid dienone is 1. The van der Waals surface area contributed by atoms with Gasteiger partial charge in [0.05, 0.1) is 0 Å². The Morgan fingerprint density at radius 1 is 1.35 bits per heavy atom. The summed E-state index contributed by atoms with van der Waals surface area (Å²) in [4.78, 5) is 33.7. The smallest absolute Gasteiger partial charge is 0.354 e. The molecule has 2 N–H and O–H groups in total. The third-order valence-corrected chi connectivity index (χ3v) is 3.33. The maximum absolute atomic E-state index is 11.8. The van der Waals surface area contributed by atoms with Crippen LogP contribution in [0.5, 0.6) is 0 Å². The van der Waals surface area contributed by atoms with Crippen molar-refractivity contribution in [3.63, 3.8) is 0 Å². The van der Waals surface area contributed by atoms with Gasteiger partial charge in [0.15, 0.2) is 0 Å². The van der Waals surface area contributed by atoms with Crippen molar-refractivity contribution < 1.29 is 9.90 Å². The average molecular weight is 313 g/mol. The van der Waals surface area contributed by atoms with E-state index < -0.39 is 5.97 Å². The number of aryl methyl sites for hydroxylation is 1. The van der Waals surface area contributed by atoms with Crippen LogP contribution in [0.1, 0.15) is 54.3 Å². The predicted molar refractivity (Wildman–Crippen MR) is 88.2 cm³/mol. The quantitative estimate of drug-likeness (QED) is 0.855. The second-order valence-corrected chi connectivity index (χ2v) is 5.14. The Hall–Kier alpha value is -2.76. The van der Waals surface area contributed by atoms with Crippen LogP contribution in [0.2, 0.25) is 0 Å². The van der Waals surface area contributed by atoms with Crippen LogP contribution < -0.4 is 5.56 Å². The van der Waals surface area contributed by atoms with Crippen molar-refractivity contribution in [1.29, 1.82) is 0 Å². The molecule has 0 aromatic carbocycles. The predicted octanol–water partition coefficient (Wildman–Crippen LogP) is 2.77. The van der Waals surface area contributed by atoms with E-state index in [4.69, 9.17) is 5.11 Å². The van der Waals surface area contributed by atoms with E-state index in [-0.39, 0.29) is 11.3 Å². The Morgan fingerprint density at radius 2 is 2.13 bits per heavy atom. The van der Waals surface area contributed by atoms with E-state index in [1.54, 1.807) is 6.07 Å². The van der Waals surface area contributed by atoms with Gasteiger partial charge in [0.25, 0.3) is 5.56 Å².